The second-order valence-corrected chi connectivity index (χ2v) is 7.29. The molecule has 27 heavy (non-hydrogen) atoms. The van der Waals surface area contributed by atoms with Crippen molar-refractivity contribution in [2.45, 2.75) is 22.5 Å². The van der Waals surface area contributed by atoms with Gasteiger partial charge in [0.05, 0.1) is 6.20 Å². The van der Waals surface area contributed by atoms with Crippen molar-refractivity contribution in [3.8, 4) is 0 Å². The fourth-order valence-corrected chi connectivity index (χ4v) is 3.86. The summed E-state index contributed by atoms with van der Waals surface area (Å²) in [6.07, 6.45) is -1.00. The molecule has 0 spiro atoms. The molecule has 7 nitrogen and oxygen atoms in total. The zero-order valence-electron chi connectivity index (χ0n) is 14.1. The predicted octanol–water partition coefficient (Wildman–Crippen LogP) is 2.70. The summed E-state index contributed by atoms with van der Waals surface area (Å²) in [5.74, 6) is 1.08. The van der Waals surface area contributed by atoms with E-state index in [2.05, 4.69) is 29.8 Å². The lowest BCUT2D eigenvalue weighted by atomic mass is 10.1. The molecule has 0 aromatic carbocycles. The van der Waals surface area contributed by atoms with E-state index in [0.717, 1.165) is 37.5 Å². The number of aromatic nitrogens is 5. The van der Waals surface area contributed by atoms with Gasteiger partial charge in [-0.3, -0.25) is 4.98 Å². The molecule has 1 aliphatic heterocycles. The average molecular weight is 395 g/mol. The fraction of sp³-hybridized carbons (Fsp3) is 0.375. The van der Waals surface area contributed by atoms with Crippen LogP contribution in [0.4, 0.5) is 19.1 Å². The summed E-state index contributed by atoms with van der Waals surface area (Å²) in [6, 6.07) is 2.82. The molecule has 4 rings (SSSR count). The Hall–Kier alpha value is -2.40. The molecule has 1 fully saturated rings. The molecule has 3 aromatic rings. The number of anilines is 1. The lowest BCUT2D eigenvalue weighted by Crippen LogP contribution is -2.23. The Kier molecular flexibility index (Phi) is 4.64. The third-order valence-corrected chi connectivity index (χ3v) is 5.30. The van der Waals surface area contributed by atoms with Gasteiger partial charge in [-0.05, 0) is 31.0 Å². The summed E-state index contributed by atoms with van der Waals surface area (Å²) in [5, 5.41) is 0.331. The molecule has 1 saturated heterocycles. The summed E-state index contributed by atoms with van der Waals surface area (Å²) in [4.78, 5) is 21.6. The van der Waals surface area contributed by atoms with Crippen LogP contribution in [-0.2, 0) is 6.18 Å². The second kappa shape index (κ2) is 6.97. The molecule has 1 unspecified atom stereocenters. The smallest absolute Gasteiger partial charge is 0.342 e. The Balaban J connectivity index is 1.60. The van der Waals surface area contributed by atoms with Gasteiger partial charge in [-0.2, -0.15) is 18.2 Å². The van der Waals surface area contributed by atoms with Crippen LogP contribution in [-0.4, -0.2) is 44.6 Å². The number of halogens is 3. The second-order valence-electron chi connectivity index (χ2n) is 6.23. The Labute approximate surface area is 156 Å². The largest absolute Gasteiger partial charge is 0.434 e. The molecule has 0 radical (unpaired) electrons. The van der Waals surface area contributed by atoms with Gasteiger partial charge in [0.1, 0.15) is 5.03 Å². The molecule has 0 bridgehead atoms. The van der Waals surface area contributed by atoms with Gasteiger partial charge < -0.3 is 15.6 Å². The zero-order valence-corrected chi connectivity index (χ0v) is 14.9. The van der Waals surface area contributed by atoms with Crippen molar-refractivity contribution in [3.05, 3.63) is 30.2 Å². The first-order valence-electron chi connectivity index (χ1n) is 8.32. The summed E-state index contributed by atoms with van der Waals surface area (Å²) >= 11 is 0.867. The van der Waals surface area contributed by atoms with Crippen LogP contribution in [0, 0.1) is 5.92 Å². The van der Waals surface area contributed by atoms with Gasteiger partial charge in [-0.1, -0.05) is 11.8 Å². The van der Waals surface area contributed by atoms with Crippen LogP contribution in [0.25, 0.3) is 11.3 Å². The van der Waals surface area contributed by atoms with Crippen molar-refractivity contribution in [1.29, 1.82) is 0 Å². The number of pyridine rings is 1. The quantitative estimate of drug-likeness (QED) is 0.701. The first-order chi connectivity index (χ1) is 12.9. The lowest BCUT2D eigenvalue weighted by Gasteiger charge is -2.13. The molecule has 3 aromatic heterocycles. The van der Waals surface area contributed by atoms with E-state index in [1.807, 2.05) is 0 Å². The number of H-pyrrole nitrogens is 1. The number of rotatable bonds is 4. The number of hydrogen-bond acceptors (Lipinski definition) is 7. The Morgan fingerprint density at radius 2 is 2.15 bits per heavy atom. The van der Waals surface area contributed by atoms with E-state index in [9.17, 15) is 13.2 Å². The minimum Gasteiger partial charge on any atom is -0.342 e. The zero-order chi connectivity index (χ0) is 19.0. The predicted molar refractivity (Wildman–Crippen MR) is 94.4 cm³/mol. The van der Waals surface area contributed by atoms with Crippen LogP contribution in [0.15, 0.2) is 34.4 Å². The SMILES string of the molecule is NCC1CCN(c2nc3ncc(Sc4cccnc4C(F)(F)F)nc3[nH]2)C1. The van der Waals surface area contributed by atoms with E-state index < -0.39 is 11.9 Å². The van der Waals surface area contributed by atoms with E-state index in [1.165, 1.54) is 18.3 Å². The molecular weight excluding hydrogens is 379 g/mol. The Bertz CT molecular complexity index is 959. The maximum atomic E-state index is 13.1. The number of alkyl halides is 3. The van der Waals surface area contributed by atoms with Crippen LogP contribution in [0.5, 0.6) is 0 Å². The van der Waals surface area contributed by atoms with Gasteiger partial charge in [-0.25, -0.2) is 9.97 Å². The summed E-state index contributed by atoms with van der Waals surface area (Å²) in [7, 11) is 0. The van der Waals surface area contributed by atoms with Gasteiger partial charge in [0.25, 0.3) is 0 Å². The van der Waals surface area contributed by atoms with Crippen molar-refractivity contribution in [2.24, 2.45) is 11.7 Å². The molecule has 1 aliphatic rings. The molecule has 0 amide bonds. The van der Waals surface area contributed by atoms with E-state index in [-0.39, 0.29) is 4.90 Å². The topological polar surface area (TPSA) is 96.6 Å². The van der Waals surface area contributed by atoms with Crippen molar-refractivity contribution in [2.75, 3.05) is 24.5 Å². The number of nitrogens with one attached hydrogen (secondary N) is 1. The van der Waals surface area contributed by atoms with Gasteiger partial charge >= 0.3 is 6.18 Å². The van der Waals surface area contributed by atoms with Crippen LogP contribution in [0.2, 0.25) is 0 Å². The first kappa shape index (κ1) is 18.0. The third-order valence-electron chi connectivity index (χ3n) is 4.35. The maximum absolute atomic E-state index is 13.1. The molecule has 1 atom stereocenters. The van der Waals surface area contributed by atoms with Crippen LogP contribution in [0.1, 0.15) is 12.1 Å². The van der Waals surface area contributed by atoms with E-state index >= 15 is 0 Å². The normalized spacial score (nSPS) is 17.8. The minimum absolute atomic E-state index is 0.0243. The molecule has 0 aliphatic carbocycles. The third kappa shape index (κ3) is 3.69. The highest BCUT2D eigenvalue weighted by atomic mass is 32.2. The average Bonchev–Trinajstić information content (AvgIpc) is 3.27. The molecule has 0 saturated carbocycles. The maximum Gasteiger partial charge on any atom is 0.434 e. The van der Waals surface area contributed by atoms with Crippen molar-refractivity contribution < 1.29 is 13.2 Å². The fourth-order valence-electron chi connectivity index (χ4n) is 2.98. The van der Waals surface area contributed by atoms with Crippen molar-refractivity contribution in [3.63, 3.8) is 0 Å². The number of nitrogens with two attached hydrogens (primary N) is 1. The standard InChI is InChI=1S/C16H16F3N7S/c17-16(18,19)12-10(2-1-4-21-12)27-11-7-22-13-14(23-11)25-15(24-13)26-5-3-9(6-20)8-26/h1-2,4,7,9H,3,5-6,8,20H2,(H,22,23,24,25). The Morgan fingerprint density at radius 3 is 2.89 bits per heavy atom. The van der Waals surface area contributed by atoms with Gasteiger partial charge in [0.2, 0.25) is 5.95 Å². The lowest BCUT2D eigenvalue weighted by molar-refractivity contribution is -0.143. The molecule has 4 heterocycles. The van der Waals surface area contributed by atoms with E-state index in [1.54, 1.807) is 0 Å². The van der Waals surface area contributed by atoms with Crippen molar-refractivity contribution in [1.82, 2.24) is 24.9 Å². The van der Waals surface area contributed by atoms with Gasteiger partial charge in [-0.15, -0.1) is 0 Å². The highest BCUT2D eigenvalue weighted by Gasteiger charge is 2.35. The number of nitrogens with zero attached hydrogens (tertiary/aromatic N) is 5. The number of aromatic amines is 1. The van der Waals surface area contributed by atoms with Crippen molar-refractivity contribution >= 4 is 29.0 Å². The van der Waals surface area contributed by atoms with E-state index in [0.29, 0.717) is 34.7 Å². The van der Waals surface area contributed by atoms with E-state index in [4.69, 9.17) is 5.73 Å². The Morgan fingerprint density at radius 1 is 1.30 bits per heavy atom. The number of imidazole rings is 1. The molecular formula is C16H16F3N7S. The number of fused-ring (bicyclic) bond motifs is 1. The highest BCUT2D eigenvalue weighted by molar-refractivity contribution is 7.99. The monoisotopic (exact) mass is 395 g/mol. The number of hydrogen-bond donors (Lipinski definition) is 2. The van der Waals surface area contributed by atoms with Gasteiger partial charge in [0, 0.05) is 24.2 Å². The highest BCUT2D eigenvalue weighted by Crippen LogP contribution is 2.37. The van der Waals surface area contributed by atoms with Crippen LogP contribution >= 0.6 is 11.8 Å². The summed E-state index contributed by atoms with van der Waals surface area (Å²) in [6.45, 7) is 2.27. The molecule has 11 heteroatoms. The summed E-state index contributed by atoms with van der Waals surface area (Å²) in [5.41, 5.74) is 5.64. The van der Waals surface area contributed by atoms with Gasteiger partial charge in [0.15, 0.2) is 17.0 Å². The minimum atomic E-state index is -4.53. The molecule has 142 valence electrons. The summed E-state index contributed by atoms with van der Waals surface area (Å²) < 4.78 is 39.3. The van der Waals surface area contributed by atoms with Crippen LogP contribution in [0.3, 0.4) is 0 Å². The molecule has 3 N–H and O–H groups in total. The first-order valence-corrected chi connectivity index (χ1v) is 9.13. The van der Waals surface area contributed by atoms with Crippen LogP contribution < -0.4 is 10.6 Å².